The second kappa shape index (κ2) is 10.3. The molecule has 1 saturated heterocycles. The van der Waals surface area contributed by atoms with Gasteiger partial charge in [-0.3, -0.25) is 9.69 Å². The SMILES string of the molecule is CN1CCc2cc([C@@H](CNC(=O)CCSc3ccccc3)N3CCOCC3)ccc21. The predicted molar refractivity (Wildman–Crippen MR) is 123 cm³/mol. The molecular weight excluding hydrogens is 394 g/mol. The molecule has 4 rings (SSSR count). The van der Waals surface area contributed by atoms with Gasteiger partial charge in [0.25, 0.3) is 0 Å². The third-order valence-electron chi connectivity index (χ3n) is 5.94. The Kier molecular flexibility index (Phi) is 7.31. The van der Waals surface area contributed by atoms with Crippen molar-refractivity contribution in [3.8, 4) is 0 Å². The molecule has 0 bridgehead atoms. The van der Waals surface area contributed by atoms with Gasteiger partial charge in [-0.25, -0.2) is 0 Å². The van der Waals surface area contributed by atoms with Crippen molar-refractivity contribution in [2.45, 2.75) is 23.8 Å². The number of nitrogens with zero attached hydrogens (tertiary/aromatic N) is 2. The molecule has 160 valence electrons. The predicted octanol–water partition coefficient (Wildman–Crippen LogP) is 3.35. The Hall–Kier alpha value is -2.02. The van der Waals surface area contributed by atoms with Gasteiger partial charge in [0.05, 0.1) is 19.3 Å². The van der Waals surface area contributed by atoms with Gasteiger partial charge >= 0.3 is 0 Å². The van der Waals surface area contributed by atoms with E-state index in [9.17, 15) is 4.79 Å². The van der Waals surface area contributed by atoms with Crippen LogP contribution < -0.4 is 10.2 Å². The molecule has 0 aromatic heterocycles. The van der Waals surface area contributed by atoms with E-state index in [1.54, 1.807) is 11.8 Å². The molecule has 0 unspecified atom stereocenters. The molecule has 2 aromatic rings. The van der Waals surface area contributed by atoms with Crippen LogP contribution in [0.5, 0.6) is 0 Å². The molecule has 5 nitrogen and oxygen atoms in total. The summed E-state index contributed by atoms with van der Waals surface area (Å²) < 4.78 is 5.56. The van der Waals surface area contributed by atoms with Crippen molar-refractivity contribution in [2.75, 3.05) is 57.1 Å². The topological polar surface area (TPSA) is 44.8 Å². The van der Waals surface area contributed by atoms with Crippen molar-refractivity contribution in [1.29, 1.82) is 0 Å². The summed E-state index contributed by atoms with van der Waals surface area (Å²) in [5.41, 5.74) is 4.05. The van der Waals surface area contributed by atoms with Crippen LogP contribution in [0.15, 0.2) is 53.4 Å². The Balaban J connectivity index is 1.36. The second-order valence-corrected chi connectivity index (χ2v) is 9.11. The van der Waals surface area contributed by atoms with E-state index in [2.05, 4.69) is 52.5 Å². The Morgan fingerprint density at radius 2 is 1.93 bits per heavy atom. The van der Waals surface area contributed by atoms with Crippen molar-refractivity contribution in [3.63, 3.8) is 0 Å². The van der Waals surface area contributed by atoms with Gasteiger partial charge in [-0.2, -0.15) is 0 Å². The first kappa shape index (κ1) is 21.2. The minimum Gasteiger partial charge on any atom is -0.379 e. The van der Waals surface area contributed by atoms with E-state index in [4.69, 9.17) is 4.74 Å². The first-order chi connectivity index (χ1) is 14.7. The highest BCUT2D eigenvalue weighted by molar-refractivity contribution is 7.99. The van der Waals surface area contributed by atoms with E-state index < -0.39 is 0 Å². The van der Waals surface area contributed by atoms with Gasteiger partial charge in [0, 0.05) is 56.0 Å². The van der Waals surface area contributed by atoms with E-state index in [1.807, 2.05) is 18.2 Å². The van der Waals surface area contributed by atoms with Crippen LogP contribution in [0.25, 0.3) is 0 Å². The standard InChI is InChI=1S/C24H31N3O2S/c1-26-11-9-20-17-19(7-8-22(20)26)23(27-12-14-29-15-13-27)18-25-24(28)10-16-30-21-5-3-2-4-6-21/h2-8,17,23H,9-16,18H2,1H3,(H,25,28)/t23-/m1/s1. The Morgan fingerprint density at radius 1 is 1.13 bits per heavy atom. The second-order valence-electron chi connectivity index (χ2n) is 7.94. The molecule has 2 aromatic carbocycles. The van der Waals surface area contributed by atoms with Crippen LogP contribution in [0.2, 0.25) is 0 Å². The number of fused-ring (bicyclic) bond motifs is 1. The molecule has 0 spiro atoms. The quantitative estimate of drug-likeness (QED) is 0.657. The average Bonchev–Trinajstić information content (AvgIpc) is 3.16. The summed E-state index contributed by atoms with van der Waals surface area (Å²) >= 11 is 1.73. The smallest absolute Gasteiger partial charge is 0.220 e. The molecule has 30 heavy (non-hydrogen) atoms. The highest BCUT2D eigenvalue weighted by atomic mass is 32.2. The number of hydrogen-bond donors (Lipinski definition) is 1. The number of hydrogen-bond acceptors (Lipinski definition) is 5. The van der Waals surface area contributed by atoms with Crippen LogP contribution in [0.3, 0.4) is 0 Å². The number of ether oxygens (including phenoxy) is 1. The van der Waals surface area contributed by atoms with Gasteiger partial charge in [0.15, 0.2) is 0 Å². The van der Waals surface area contributed by atoms with Gasteiger partial charge in [0.2, 0.25) is 5.91 Å². The lowest BCUT2D eigenvalue weighted by Crippen LogP contribution is -2.43. The number of morpholine rings is 1. The van der Waals surface area contributed by atoms with Crippen LogP contribution >= 0.6 is 11.8 Å². The normalized spacial score (nSPS) is 17.6. The maximum atomic E-state index is 12.5. The van der Waals surface area contributed by atoms with Gasteiger partial charge in [-0.15, -0.1) is 11.8 Å². The summed E-state index contributed by atoms with van der Waals surface area (Å²) in [6, 6.07) is 17.3. The fraction of sp³-hybridized carbons (Fsp3) is 0.458. The molecule has 6 heteroatoms. The maximum Gasteiger partial charge on any atom is 0.220 e. The Labute approximate surface area is 183 Å². The average molecular weight is 426 g/mol. The number of thioether (sulfide) groups is 1. The van der Waals surface area contributed by atoms with E-state index in [-0.39, 0.29) is 11.9 Å². The highest BCUT2D eigenvalue weighted by Gasteiger charge is 2.25. The summed E-state index contributed by atoms with van der Waals surface area (Å²) in [5.74, 6) is 0.918. The molecule has 0 aliphatic carbocycles. The van der Waals surface area contributed by atoms with Gasteiger partial charge in [0.1, 0.15) is 0 Å². The molecule has 2 aliphatic heterocycles. The highest BCUT2D eigenvalue weighted by Crippen LogP contribution is 2.31. The molecule has 0 saturated carbocycles. The van der Waals surface area contributed by atoms with Crippen molar-refractivity contribution >= 4 is 23.4 Å². The van der Waals surface area contributed by atoms with Crippen LogP contribution in [0.4, 0.5) is 5.69 Å². The zero-order valence-corrected chi connectivity index (χ0v) is 18.5. The fourth-order valence-electron chi connectivity index (χ4n) is 4.22. The lowest BCUT2D eigenvalue weighted by Gasteiger charge is -2.35. The summed E-state index contributed by atoms with van der Waals surface area (Å²) in [7, 11) is 2.15. The molecule has 2 aliphatic rings. The molecule has 2 heterocycles. The molecular formula is C24H31N3O2S. The van der Waals surface area contributed by atoms with Crippen molar-refractivity contribution < 1.29 is 9.53 Å². The molecule has 1 amide bonds. The molecule has 1 fully saturated rings. The summed E-state index contributed by atoms with van der Waals surface area (Å²) in [5, 5.41) is 3.20. The van der Waals surface area contributed by atoms with Crippen LogP contribution in [-0.4, -0.2) is 63.0 Å². The monoisotopic (exact) mass is 425 g/mol. The number of rotatable bonds is 8. The molecule has 1 atom stereocenters. The lowest BCUT2D eigenvalue weighted by molar-refractivity contribution is -0.121. The van der Waals surface area contributed by atoms with E-state index >= 15 is 0 Å². The number of carbonyl (C=O) groups excluding carboxylic acids is 1. The molecule has 1 N–H and O–H groups in total. The Bertz CT molecular complexity index is 840. The Morgan fingerprint density at radius 3 is 2.73 bits per heavy atom. The third-order valence-corrected chi connectivity index (χ3v) is 6.95. The number of anilines is 1. The summed E-state index contributed by atoms with van der Waals surface area (Å²) in [6.45, 7) is 5.04. The number of carbonyl (C=O) groups is 1. The zero-order valence-electron chi connectivity index (χ0n) is 17.7. The summed E-state index contributed by atoms with van der Waals surface area (Å²) in [4.78, 5) is 18.5. The van der Waals surface area contributed by atoms with Crippen molar-refractivity contribution in [2.24, 2.45) is 0 Å². The number of likely N-dealkylation sites (N-methyl/N-ethyl adjacent to an activating group) is 1. The van der Waals surface area contributed by atoms with E-state index in [0.717, 1.165) is 45.0 Å². The first-order valence-electron chi connectivity index (χ1n) is 10.8. The maximum absolute atomic E-state index is 12.5. The number of benzene rings is 2. The van der Waals surface area contributed by atoms with Crippen LogP contribution in [0, 0.1) is 0 Å². The van der Waals surface area contributed by atoms with E-state index in [0.29, 0.717) is 13.0 Å². The summed E-state index contributed by atoms with van der Waals surface area (Å²) in [6.07, 6.45) is 1.63. The van der Waals surface area contributed by atoms with Gasteiger partial charge < -0.3 is 15.0 Å². The minimum absolute atomic E-state index is 0.123. The van der Waals surface area contributed by atoms with Crippen molar-refractivity contribution in [3.05, 3.63) is 59.7 Å². The van der Waals surface area contributed by atoms with Gasteiger partial charge in [-0.1, -0.05) is 30.3 Å². The van der Waals surface area contributed by atoms with Gasteiger partial charge in [-0.05, 0) is 35.7 Å². The lowest BCUT2D eigenvalue weighted by atomic mass is 10.0. The number of amides is 1. The number of nitrogens with one attached hydrogen (secondary N) is 1. The zero-order chi connectivity index (χ0) is 20.8. The van der Waals surface area contributed by atoms with Crippen molar-refractivity contribution in [1.82, 2.24) is 10.2 Å². The largest absolute Gasteiger partial charge is 0.379 e. The van der Waals surface area contributed by atoms with E-state index in [1.165, 1.54) is 21.7 Å². The van der Waals surface area contributed by atoms with Crippen LogP contribution in [0.1, 0.15) is 23.6 Å². The third kappa shape index (κ3) is 5.36. The minimum atomic E-state index is 0.123. The molecule has 0 radical (unpaired) electrons. The van der Waals surface area contributed by atoms with Crippen LogP contribution in [-0.2, 0) is 16.0 Å². The fourth-order valence-corrected chi connectivity index (χ4v) is 5.09. The first-order valence-corrected chi connectivity index (χ1v) is 11.8.